The monoisotopic (exact) mass is 247 g/mol. The number of aryl methyl sites for hydroxylation is 2. The number of likely N-dealkylation sites (N-methyl/N-ethyl adjacent to an activating group) is 1. The Morgan fingerprint density at radius 3 is 2.72 bits per heavy atom. The summed E-state index contributed by atoms with van der Waals surface area (Å²) < 4.78 is 15.1. The zero-order valence-corrected chi connectivity index (χ0v) is 10.9. The van der Waals surface area contributed by atoms with E-state index in [1.807, 2.05) is 31.8 Å². The van der Waals surface area contributed by atoms with Crippen molar-refractivity contribution in [3.8, 4) is 0 Å². The summed E-state index contributed by atoms with van der Waals surface area (Å²) in [5.41, 5.74) is 3.09. The van der Waals surface area contributed by atoms with Crippen LogP contribution in [0.25, 0.3) is 0 Å². The lowest BCUT2D eigenvalue weighted by Gasteiger charge is -2.16. The van der Waals surface area contributed by atoms with Crippen LogP contribution in [0.2, 0.25) is 0 Å². The molecule has 4 heteroatoms. The molecule has 3 nitrogen and oxygen atoms in total. The zero-order chi connectivity index (χ0) is 13.1. The second-order valence-corrected chi connectivity index (χ2v) is 4.50. The van der Waals surface area contributed by atoms with Gasteiger partial charge in [-0.1, -0.05) is 12.1 Å². The predicted octanol–water partition coefficient (Wildman–Crippen LogP) is 2.37. The smallest absolute Gasteiger partial charge is 0.123 e. The van der Waals surface area contributed by atoms with E-state index in [0.29, 0.717) is 0 Å². The molecule has 0 amide bonds. The second kappa shape index (κ2) is 5.31. The SMILES string of the molecule is CNC(Cc1cc(C)nn1C)c1cccc(F)c1. The van der Waals surface area contributed by atoms with Gasteiger partial charge in [-0.05, 0) is 37.7 Å². The summed E-state index contributed by atoms with van der Waals surface area (Å²) in [4.78, 5) is 0. The van der Waals surface area contributed by atoms with Crippen LogP contribution in [-0.4, -0.2) is 16.8 Å². The molecule has 0 saturated heterocycles. The maximum absolute atomic E-state index is 13.2. The number of nitrogens with zero attached hydrogens (tertiary/aromatic N) is 2. The van der Waals surface area contributed by atoms with E-state index in [1.165, 1.54) is 6.07 Å². The summed E-state index contributed by atoms with van der Waals surface area (Å²) in [6.45, 7) is 1.97. The molecule has 1 heterocycles. The molecular weight excluding hydrogens is 229 g/mol. The molecule has 2 rings (SSSR count). The highest BCUT2D eigenvalue weighted by molar-refractivity contribution is 5.22. The van der Waals surface area contributed by atoms with Gasteiger partial charge in [-0.15, -0.1) is 0 Å². The normalized spacial score (nSPS) is 12.7. The molecule has 1 N–H and O–H groups in total. The molecule has 1 unspecified atom stereocenters. The van der Waals surface area contributed by atoms with E-state index < -0.39 is 0 Å². The minimum Gasteiger partial charge on any atom is -0.313 e. The van der Waals surface area contributed by atoms with Crippen molar-refractivity contribution < 1.29 is 4.39 Å². The van der Waals surface area contributed by atoms with Crippen LogP contribution in [0.15, 0.2) is 30.3 Å². The Bertz CT molecular complexity index is 534. The number of hydrogen-bond donors (Lipinski definition) is 1. The van der Waals surface area contributed by atoms with Crippen molar-refractivity contribution in [1.82, 2.24) is 15.1 Å². The third-order valence-corrected chi connectivity index (χ3v) is 3.11. The van der Waals surface area contributed by atoms with E-state index in [9.17, 15) is 4.39 Å². The zero-order valence-electron chi connectivity index (χ0n) is 10.9. The van der Waals surface area contributed by atoms with Crippen molar-refractivity contribution >= 4 is 0 Å². The second-order valence-electron chi connectivity index (χ2n) is 4.50. The van der Waals surface area contributed by atoms with Gasteiger partial charge >= 0.3 is 0 Å². The van der Waals surface area contributed by atoms with Crippen LogP contribution in [0.5, 0.6) is 0 Å². The molecule has 0 radical (unpaired) electrons. The first kappa shape index (κ1) is 12.8. The van der Waals surface area contributed by atoms with Gasteiger partial charge in [-0.3, -0.25) is 4.68 Å². The molecule has 18 heavy (non-hydrogen) atoms. The minimum absolute atomic E-state index is 0.0931. The third-order valence-electron chi connectivity index (χ3n) is 3.11. The Labute approximate surface area is 107 Å². The molecule has 0 aliphatic rings. The van der Waals surface area contributed by atoms with Crippen LogP contribution < -0.4 is 5.32 Å². The van der Waals surface area contributed by atoms with E-state index in [4.69, 9.17) is 0 Å². The summed E-state index contributed by atoms with van der Waals surface area (Å²) in [7, 11) is 3.82. The fourth-order valence-corrected chi connectivity index (χ4v) is 2.17. The Hall–Kier alpha value is -1.68. The van der Waals surface area contributed by atoms with Gasteiger partial charge in [0.05, 0.1) is 5.69 Å². The van der Waals surface area contributed by atoms with E-state index in [0.717, 1.165) is 23.4 Å². The van der Waals surface area contributed by atoms with Gasteiger partial charge in [-0.25, -0.2) is 4.39 Å². The third kappa shape index (κ3) is 2.76. The molecule has 1 aromatic heterocycles. The number of halogens is 1. The summed E-state index contributed by atoms with van der Waals surface area (Å²) in [5.74, 6) is -0.200. The van der Waals surface area contributed by atoms with E-state index in [-0.39, 0.29) is 11.9 Å². The predicted molar refractivity (Wildman–Crippen MR) is 69.8 cm³/mol. The Morgan fingerprint density at radius 2 is 2.17 bits per heavy atom. The molecule has 96 valence electrons. The lowest BCUT2D eigenvalue weighted by molar-refractivity contribution is 0.553. The summed E-state index contributed by atoms with van der Waals surface area (Å²) >= 11 is 0. The highest BCUT2D eigenvalue weighted by Crippen LogP contribution is 2.19. The summed E-state index contributed by atoms with van der Waals surface area (Å²) in [5, 5.41) is 7.55. The Balaban J connectivity index is 2.22. The standard InChI is InChI=1S/C14H18FN3/c1-10-7-13(18(3)17-10)9-14(16-2)11-5-4-6-12(15)8-11/h4-8,14,16H,9H2,1-3H3. The van der Waals surface area contributed by atoms with E-state index in [1.54, 1.807) is 12.1 Å². The maximum atomic E-state index is 13.2. The van der Waals surface area contributed by atoms with Crippen molar-refractivity contribution in [3.63, 3.8) is 0 Å². The highest BCUT2D eigenvalue weighted by Gasteiger charge is 2.13. The first-order valence-electron chi connectivity index (χ1n) is 6.02. The molecule has 0 saturated carbocycles. The molecule has 0 bridgehead atoms. The fourth-order valence-electron chi connectivity index (χ4n) is 2.17. The number of benzene rings is 1. The number of nitrogens with one attached hydrogen (secondary N) is 1. The average Bonchev–Trinajstić information content (AvgIpc) is 2.64. The lowest BCUT2D eigenvalue weighted by atomic mass is 10.0. The molecular formula is C14H18FN3. The van der Waals surface area contributed by atoms with Gasteiger partial charge in [0.25, 0.3) is 0 Å². The Kier molecular flexibility index (Phi) is 3.77. The van der Waals surface area contributed by atoms with Gasteiger partial charge < -0.3 is 5.32 Å². The summed E-state index contributed by atoms with van der Waals surface area (Å²) in [6.07, 6.45) is 0.789. The van der Waals surface area contributed by atoms with Crippen LogP contribution in [0.4, 0.5) is 4.39 Å². The van der Waals surface area contributed by atoms with Gasteiger partial charge in [0.15, 0.2) is 0 Å². The number of aromatic nitrogens is 2. The Morgan fingerprint density at radius 1 is 1.39 bits per heavy atom. The number of rotatable bonds is 4. The van der Waals surface area contributed by atoms with Crippen molar-refractivity contribution in [3.05, 3.63) is 53.1 Å². The first-order valence-corrected chi connectivity index (χ1v) is 6.02. The topological polar surface area (TPSA) is 29.9 Å². The van der Waals surface area contributed by atoms with Crippen LogP contribution in [0.1, 0.15) is 23.0 Å². The minimum atomic E-state index is -0.200. The fraction of sp³-hybridized carbons (Fsp3) is 0.357. The van der Waals surface area contributed by atoms with Crippen LogP contribution in [0, 0.1) is 12.7 Å². The van der Waals surface area contributed by atoms with Crippen molar-refractivity contribution in [1.29, 1.82) is 0 Å². The maximum Gasteiger partial charge on any atom is 0.123 e. The average molecular weight is 247 g/mol. The molecule has 0 spiro atoms. The van der Waals surface area contributed by atoms with Crippen molar-refractivity contribution in [2.24, 2.45) is 7.05 Å². The van der Waals surface area contributed by atoms with E-state index >= 15 is 0 Å². The first-order chi connectivity index (χ1) is 8.60. The molecule has 0 aliphatic carbocycles. The van der Waals surface area contributed by atoms with Crippen LogP contribution in [0.3, 0.4) is 0 Å². The molecule has 0 aliphatic heterocycles. The molecule has 2 aromatic rings. The van der Waals surface area contributed by atoms with Crippen LogP contribution in [-0.2, 0) is 13.5 Å². The van der Waals surface area contributed by atoms with Gasteiger partial charge in [0.2, 0.25) is 0 Å². The van der Waals surface area contributed by atoms with Gasteiger partial charge in [-0.2, -0.15) is 5.10 Å². The highest BCUT2D eigenvalue weighted by atomic mass is 19.1. The quantitative estimate of drug-likeness (QED) is 0.899. The van der Waals surface area contributed by atoms with Crippen molar-refractivity contribution in [2.75, 3.05) is 7.05 Å². The van der Waals surface area contributed by atoms with Gasteiger partial charge in [0.1, 0.15) is 5.82 Å². The summed E-state index contributed by atoms with van der Waals surface area (Å²) in [6, 6.07) is 8.87. The lowest BCUT2D eigenvalue weighted by Crippen LogP contribution is -2.20. The molecule has 0 fully saturated rings. The van der Waals surface area contributed by atoms with Gasteiger partial charge in [0, 0.05) is 25.2 Å². The van der Waals surface area contributed by atoms with Crippen molar-refractivity contribution in [2.45, 2.75) is 19.4 Å². The molecule has 1 atom stereocenters. The largest absolute Gasteiger partial charge is 0.313 e. The molecule has 1 aromatic carbocycles. The number of hydrogen-bond acceptors (Lipinski definition) is 2. The van der Waals surface area contributed by atoms with E-state index in [2.05, 4.69) is 16.5 Å². The van der Waals surface area contributed by atoms with Crippen LogP contribution >= 0.6 is 0 Å².